The number of carbonyl (C=O) groups is 2. The van der Waals surface area contributed by atoms with Crippen LogP contribution in [0.2, 0.25) is 0 Å². The zero-order valence-corrected chi connectivity index (χ0v) is 18.3. The van der Waals surface area contributed by atoms with Crippen LogP contribution in [0.5, 0.6) is 0 Å². The van der Waals surface area contributed by atoms with E-state index in [2.05, 4.69) is 31.7 Å². The zero-order valence-electron chi connectivity index (χ0n) is 18.3. The zero-order chi connectivity index (χ0) is 22.8. The first-order valence-corrected chi connectivity index (χ1v) is 10.9. The van der Waals surface area contributed by atoms with Gasteiger partial charge in [-0.15, -0.1) is 0 Å². The van der Waals surface area contributed by atoms with E-state index in [1.165, 1.54) is 0 Å². The first-order valence-electron chi connectivity index (χ1n) is 10.9. The highest BCUT2D eigenvalue weighted by molar-refractivity contribution is 5.97. The molecule has 3 aromatic rings. The van der Waals surface area contributed by atoms with Gasteiger partial charge in [0.05, 0.1) is 19.8 Å². The minimum atomic E-state index is -0.324. The predicted octanol–water partition coefficient (Wildman–Crippen LogP) is 2.32. The summed E-state index contributed by atoms with van der Waals surface area (Å²) >= 11 is 0. The molecule has 0 saturated carbocycles. The van der Waals surface area contributed by atoms with Crippen molar-refractivity contribution < 1.29 is 14.3 Å². The highest BCUT2D eigenvalue weighted by Crippen LogP contribution is 2.35. The molecule has 0 aliphatic carbocycles. The number of amides is 3. The maximum atomic E-state index is 13.3. The number of hydrogen-bond acceptors (Lipinski definition) is 6. The molecule has 1 aromatic carbocycles. The van der Waals surface area contributed by atoms with Crippen LogP contribution >= 0.6 is 0 Å². The molecule has 1 saturated heterocycles. The third-order valence-electron chi connectivity index (χ3n) is 5.81. The van der Waals surface area contributed by atoms with E-state index in [1.54, 1.807) is 19.4 Å². The summed E-state index contributed by atoms with van der Waals surface area (Å²) in [6, 6.07) is 11.3. The van der Waals surface area contributed by atoms with Gasteiger partial charge in [-0.3, -0.25) is 15.1 Å². The SMILES string of the molecule is CNC(=O)Nc1cc2n(n1)CCN2c1cc(C(=O)N2CCOCC2)cc(-c2cccnc2)c1. The molecule has 3 amide bonds. The van der Waals surface area contributed by atoms with Gasteiger partial charge >= 0.3 is 6.03 Å². The van der Waals surface area contributed by atoms with Crippen LogP contribution < -0.4 is 15.5 Å². The summed E-state index contributed by atoms with van der Waals surface area (Å²) in [5.41, 5.74) is 3.36. The molecule has 0 atom stereocenters. The molecule has 170 valence electrons. The second-order valence-corrected chi connectivity index (χ2v) is 7.88. The van der Waals surface area contributed by atoms with Gasteiger partial charge < -0.3 is 19.9 Å². The number of urea groups is 1. The van der Waals surface area contributed by atoms with E-state index in [0.29, 0.717) is 50.8 Å². The lowest BCUT2D eigenvalue weighted by atomic mass is 10.0. The highest BCUT2D eigenvalue weighted by Gasteiger charge is 2.26. The minimum absolute atomic E-state index is 0.0139. The van der Waals surface area contributed by atoms with E-state index < -0.39 is 0 Å². The summed E-state index contributed by atoms with van der Waals surface area (Å²) < 4.78 is 7.26. The molecule has 10 nitrogen and oxygen atoms in total. The summed E-state index contributed by atoms with van der Waals surface area (Å²) in [6.45, 7) is 3.64. The number of nitrogens with one attached hydrogen (secondary N) is 2. The van der Waals surface area contributed by atoms with Crippen molar-refractivity contribution in [3.05, 3.63) is 54.4 Å². The summed E-state index contributed by atoms with van der Waals surface area (Å²) in [5, 5.41) is 9.71. The summed E-state index contributed by atoms with van der Waals surface area (Å²) in [4.78, 5) is 33.2. The molecule has 2 aromatic heterocycles. The molecule has 1 fully saturated rings. The van der Waals surface area contributed by atoms with Crippen LogP contribution in [0.4, 0.5) is 22.1 Å². The number of hydrogen-bond donors (Lipinski definition) is 2. The van der Waals surface area contributed by atoms with Crippen molar-refractivity contribution in [3.63, 3.8) is 0 Å². The van der Waals surface area contributed by atoms with Crippen LogP contribution in [0.15, 0.2) is 48.8 Å². The van der Waals surface area contributed by atoms with E-state index in [1.807, 2.05) is 39.9 Å². The average molecular weight is 447 g/mol. The maximum absolute atomic E-state index is 13.3. The summed E-state index contributed by atoms with van der Waals surface area (Å²) in [7, 11) is 1.56. The van der Waals surface area contributed by atoms with Crippen LogP contribution in [0.3, 0.4) is 0 Å². The molecule has 0 unspecified atom stereocenters. The summed E-state index contributed by atoms with van der Waals surface area (Å²) in [5.74, 6) is 1.32. The lowest BCUT2D eigenvalue weighted by molar-refractivity contribution is 0.0303. The number of pyridine rings is 1. The first kappa shape index (κ1) is 21.0. The van der Waals surface area contributed by atoms with Gasteiger partial charge in [-0.2, -0.15) is 5.10 Å². The van der Waals surface area contributed by atoms with Crippen molar-refractivity contribution in [1.29, 1.82) is 0 Å². The largest absolute Gasteiger partial charge is 0.378 e. The normalized spacial score (nSPS) is 15.3. The molecule has 0 bridgehead atoms. The lowest BCUT2D eigenvalue weighted by Crippen LogP contribution is -2.40. The molecule has 0 spiro atoms. The Morgan fingerprint density at radius 2 is 1.88 bits per heavy atom. The van der Waals surface area contributed by atoms with Crippen molar-refractivity contribution in [2.45, 2.75) is 6.54 Å². The number of morpholine rings is 1. The summed E-state index contributed by atoms with van der Waals surface area (Å²) in [6.07, 6.45) is 3.52. The van der Waals surface area contributed by atoms with E-state index in [0.717, 1.165) is 22.6 Å². The fourth-order valence-corrected chi connectivity index (χ4v) is 4.14. The fourth-order valence-electron chi connectivity index (χ4n) is 4.14. The monoisotopic (exact) mass is 447 g/mol. The molecular weight excluding hydrogens is 422 g/mol. The van der Waals surface area contributed by atoms with Gasteiger partial charge in [-0.05, 0) is 29.8 Å². The number of anilines is 3. The molecular formula is C23H25N7O3. The van der Waals surface area contributed by atoms with Gasteiger partial charge in [-0.1, -0.05) is 6.07 Å². The quantitative estimate of drug-likeness (QED) is 0.636. The Morgan fingerprint density at radius 1 is 1.03 bits per heavy atom. The molecule has 10 heteroatoms. The van der Waals surface area contributed by atoms with Crippen molar-refractivity contribution in [2.24, 2.45) is 0 Å². The number of carbonyl (C=O) groups excluding carboxylic acids is 2. The maximum Gasteiger partial charge on any atom is 0.320 e. The topological polar surface area (TPSA) is 105 Å². The predicted molar refractivity (Wildman–Crippen MR) is 124 cm³/mol. The highest BCUT2D eigenvalue weighted by atomic mass is 16.5. The first-order chi connectivity index (χ1) is 16.1. The van der Waals surface area contributed by atoms with E-state index in [9.17, 15) is 9.59 Å². The van der Waals surface area contributed by atoms with Gasteiger partial charge in [0.15, 0.2) is 5.82 Å². The Hall–Kier alpha value is -3.92. The molecule has 4 heterocycles. The smallest absolute Gasteiger partial charge is 0.320 e. The van der Waals surface area contributed by atoms with Gasteiger partial charge in [0.25, 0.3) is 5.91 Å². The van der Waals surface area contributed by atoms with E-state index in [-0.39, 0.29) is 11.9 Å². The Morgan fingerprint density at radius 3 is 2.64 bits per heavy atom. The van der Waals surface area contributed by atoms with Crippen molar-refractivity contribution in [3.8, 4) is 11.1 Å². The van der Waals surface area contributed by atoms with Gasteiger partial charge in [-0.25, -0.2) is 9.48 Å². The number of aromatic nitrogens is 3. The molecule has 2 aliphatic rings. The van der Waals surface area contributed by atoms with Crippen LogP contribution in [0.1, 0.15) is 10.4 Å². The lowest BCUT2D eigenvalue weighted by Gasteiger charge is -2.27. The Bertz CT molecular complexity index is 1170. The Labute approximate surface area is 191 Å². The van der Waals surface area contributed by atoms with Gasteiger partial charge in [0.2, 0.25) is 0 Å². The molecule has 33 heavy (non-hydrogen) atoms. The number of nitrogens with zero attached hydrogens (tertiary/aromatic N) is 5. The van der Waals surface area contributed by atoms with Gasteiger partial charge in [0.1, 0.15) is 5.82 Å². The molecule has 5 rings (SSSR count). The average Bonchev–Trinajstić information content (AvgIpc) is 3.44. The standard InChI is InChI=1S/C23H25N7O3/c1-24-23(32)26-20-14-21-29(5-6-30(21)27-20)19-12-17(16-3-2-4-25-15-16)11-18(13-19)22(31)28-7-9-33-10-8-28/h2-4,11-15H,5-10H2,1H3,(H2,24,26,27,32). The van der Waals surface area contributed by atoms with Crippen molar-refractivity contribution in [2.75, 3.05) is 50.1 Å². The third-order valence-corrected chi connectivity index (χ3v) is 5.81. The number of fused-ring (bicyclic) bond motifs is 1. The molecule has 2 aliphatic heterocycles. The number of benzene rings is 1. The minimum Gasteiger partial charge on any atom is -0.378 e. The van der Waals surface area contributed by atoms with E-state index in [4.69, 9.17) is 4.74 Å². The van der Waals surface area contributed by atoms with Gasteiger partial charge in [0, 0.05) is 62.0 Å². The van der Waals surface area contributed by atoms with Crippen LogP contribution in [0, 0.1) is 0 Å². The molecule has 2 N–H and O–H groups in total. The molecule has 0 radical (unpaired) electrons. The van der Waals surface area contributed by atoms with E-state index >= 15 is 0 Å². The number of rotatable bonds is 4. The third kappa shape index (κ3) is 4.24. The second-order valence-electron chi connectivity index (χ2n) is 7.88. The van der Waals surface area contributed by atoms with Crippen LogP contribution in [-0.4, -0.2) is 71.5 Å². The number of ether oxygens (including phenoxy) is 1. The van der Waals surface area contributed by atoms with Crippen LogP contribution in [-0.2, 0) is 11.3 Å². The Kier molecular flexibility index (Phi) is 5.66. The van der Waals surface area contributed by atoms with Crippen molar-refractivity contribution >= 4 is 29.3 Å². The Balaban J connectivity index is 1.52. The van der Waals surface area contributed by atoms with Crippen LogP contribution in [0.25, 0.3) is 11.1 Å². The second kappa shape index (κ2) is 8.91. The fraction of sp³-hybridized carbons (Fsp3) is 0.304. The van der Waals surface area contributed by atoms with Crippen molar-refractivity contribution in [1.82, 2.24) is 25.0 Å².